The van der Waals surface area contributed by atoms with Gasteiger partial charge in [-0.25, -0.2) is 0 Å². The van der Waals surface area contributed by atoms with Crippen molar-refractivity contribution in [3.05, 3.63) is 90.0 Å². The van der Waals surface area contributed by atoms with Gasteiger partial charge in [0.05, 0.1) is 12.7 Å². The Labute approximate surface area is 173 Å². The number of hydrogen-bond acceptors (Lipinski definition) is 4. The number of hydrazine groups is 1. The molecule has 0 radical (unpaired) electrons. The molecule has 0 saturated heterocycles. The molecule has 0 aliphatic heterocycles. The van der Waals surface area contributed by atoms with Crippen LogP contribution in [0.15, 0.2) is 78.9 Å². The molecule has 0 aliphatic carbocycles. The Bertz CT molecular complexity index is 1020. The van der Waals surface area contributed by atoms with E-state index in [2.05, 4.69) is 16.2 Å². The second-order valence-corrected chi connectivity index (χ2v) is 6.41. The van der Waals surface area contributed by atoms with Gasteiger partial charge in [0.15, 0.2) is 5.11 Å². The number of rotatable bonds is 4. The topological polar surface area (TPSA) is 79.5 Å². The van der Waals surface area contributed by atoms with Crippen LogP contribution in [0.1, 0.15) is 20.7 Å². The lowest BCUT2D eigenvalue weighted by atomic mass is 10.0. The number of para-hydroxylation sites is 1. The third-order valence-electron chi connectivity index (χ3n) is 4.12. The number of thiocarbonyl (C=S) groups is 1. The normalized spacial score (nSPS) is 9.97. The molecule has 3 rings (SSSR count). The Morgan fingerprint density at radius 3 is 2.07 bits per heavy atom. The molecule has 0 unspecified atom stereocenters. The number of hydrogen-bond donors (Lipinski definition) is 3. The van der Waals surface area contributed by atoms with Crippen LogP contribution in [0.3, 0.4) is 0 Å². The van der Waals surface area contributed by atoms with Gasteiger partial charge in [0.2, 0.25) is 0 Å². The van der Waals surface area contributed by atoms with Gasteiger partial charge in [-0.15, -0.1) is 0 Å². The van der Waals surface area contributed by atoms with Gasteiger partial charge < -0.3 is 4.74 Å². The van der Waals surface area contributed by atoms with Crippen LogP contribution < -0.4 is 20.9 Å². The third-order valence-corrected chi connectivity index (χ3v) is 4.33. The summed E-state index contributed by atoms with van der Waals surface area (Å²) in [5.41, 5.74) is 7.81. The first-order chi connectivity index (χ1) is 14.1. The number of ether oxygens (including phenoxy) is 1. The van der Waals surface area contributed by atoms with Crippen LogP contribution in [0.5, 0.6) is 5.75 Å². The lowest BCUT2D eigenvalue weighted by molar-refractivity contribution is 0.0932. The van der Waals surface area contributed by atoms with Crippen molar-refractivity contribution >= 4 is 29.1 Å². The molecular weight excluding hydrogens is 386 g/mol. The molecule has 6 nitrogen and oxygen atoms in total. The lowest BCUT2D eigenvalue weighted by Crippen LogP contribution is -2.48. The van der Waals surface area contributed by atoms with Gasteiger partial charge in [0, 0.05) is 5.56 Å². The summed E-state index contributed by atoms with van der Waals surface area (Å²) < 4.78 is 5.15. The molecule has 3 aromatic carbocycles. The highest BCUT2D eigenvalue weighted by atomic mass is 32.1. The average Bonchev–Trinajstić information content (AvgIpc) is 2.78. The molecule has 3 N–H and O–H groups in total. The van der Waals surface area contributed by atoms with E-state index in [1.807, 2.05) is 42.5 Å². The van der Waals surface area contributed by atoms with Crippen LogP contribution in [0, 0.1) is 0 Å². The van der Waals surface area contributed by atoms with E-state index in [1.54, 1.807) is 36.4 Å². The van der Waals surface area contributed by atoms with Crippen molar-refractivity contribution in [2.24, 2.45) is 0 Å². The second kappa shape index (κ2) is 9.48. The largest absolute Gasteiger partial charge is 0.496 e. The monoisotopic (exact) mass is 405 g/mol. The zero-order chi connectivity index (χ0) is 20.6. The van der Waals surface area contributed by atoms with Crippen molar-refractivity contribution in [1.82, 2.24) is 16.2 Å². The Balaban J connectivity index is 1.55. The molecular formula is C22H19N3O3S. The van der Waals surface area contributed by atoms with E-state index in [0.717, 1.165) is 11.1 Å². The number of carbonyl (C=O) groups excluding carboxylic acids is 2. The van der Waals surface area contributed by atoms with E-state index < -0.39 is 5.91 Å². The maximum atomic E-state index is 12.3. The first-order valence-corrected chi connectivity index (χ1v) is 9.19. The van der Waals surface area contributed by atoms with E-state index >= 15 is 0 Å². The van der Waals surface area contributed by atoms with Gasteiger partial charge in [-0.2, -0.15) is 0 Å². The smallest absolute Gasteiger partial charge is 0.273 e. The fourth-order valence-corrected chi connectivity index (χ4v) is 2.81. The molecule has 7 heteroatoms. The molecule has 0 bridgehead atoms. The van der Waals surface area contributed by atoms with Crippen LogP contribution in [0.25, 0.3) is 11.1 Å². The number of carbonyl (C=O) groups is 2. The van der Waals surface area contributed by atoms with Crippen molar-refractivity contribution in [3.63, 3.8) is 0 Å². The Morgan fingerprint density at radius 2 is 1.38 bits per heavy atom. The van der Waals surface area contributed by atoms with Crippen LogP contribution in [0.4, 0.5) is 0 Å². The van der Waals surface area contributed by atoms with Crippen molar-refractivity contribution in [2.75, 3.05) is 7.11 Å². The minimum absolute atomic E-state index is 0.0228. The summed E-state index contributed by atoms with van der Waals surface area (Å²) in [4.78, 5) is 24.6. The van der Waals surface area contributed by atoms with Crippen molar-refractivity contribution in [1.29, 1.82) is 0 Å². The predicted molar refractivity (Wildman–Crippen MR) is 116 cm³/mol. The number of benzene rings is 3. The number of nitrogens with one attached hydrogen (secondary N) is 3. The molecule has 0 aromatic heterocycles. The zero-order valence-corrected chi connectivity index (χ0v) is 16.5. The molecule has 0 aliphatic rings. The Hall–Kier alpha value is -3.71. The second-order valence-electron chi connectivity index (χ2n) is 6.01. The molecule has 29 heavy (non-hydrogen) atoms. The third kappa shape index (κ3) is 5.18. The summed E-state index contributed by atoms with van der Waals surface area (Å²) in [7, 11) is 1.48. The summed E-state index contributed by atoms with van der Waals surface area (Å²) in [6, 6.07) is 23.8. The lowest BCUT2D eigenvalue weighted by Gasteiger charge is -2.12. The van der Waals surface area contributed by atoms with Gasteiger partial charge in [-0.05, 0) is 47.6 Å². The minimum Gasteiger partial charge on any atom is -0.496 e. The maximum Gasteiger partial charge on any atom is 0.273 e. The Morgan fingerprint density at radius 1 is 0.759 bits per heavy atom. The van der Waals surface area contributed by atoms with Crippen molar-refractivity contribution in [3.8, 4) is 16.9 Å². The van der Waals surface area contributed by atoms with Gasteiger partial charge in [-0.3, -0.25) is 25.8 Å². The quantitative estimate of drug-likeness (QED) is 0.458. The first kappa shape index (κ1) is 20.0. The van der Waals surface area contributed by atoms with Gasteiger partial charge >= 0.3 is 0 Å². The van der Waals surface area contributed by atoms with Crippen LogP contribution in [0.2, 0.25) is 0 Å². The predicted octanol–water partition coefficient (Wildman–Crippen LogP) is 3.31. The molecule has 0 heterocycles. The van der Waals surface area contributed by atoms with E-state index in [0.29, 0.717) is 16.9 Å². The molecule has 0 spiro atoms. The maximum absolute atomic E-state index is 12.3. The highest BCUT2D eigenvalue weighted by Crippen LogP contribution is 2.19. The highest BCUT2D eigenvalue weighted by Gasteiger charge is 2.13. The average molecular weight is 405 g/mol. The first-order valence-electron chi connectivity index (χ1n) is 8.78. The van der Waals surface area contributed by atoms with Gasteiger partial charge in [-0.1, -0.05) is 54.6 Å². The molecule has 2 amide bonds. The van der Waals surface area contributed by atoms with Crippen LogP contribution >= 0.6 is 12.2 Å². The zero-order valence-electron chi connectivity index (χ0n) is 15.6. The van der Waals surface area contributed by atoms with E-state index in [4.69, 9.17) is 17.0 Å². The minimum atomic E-state index is -0.439. The Kier molecular flexibility index (Phi) is 6.55. The molecule has 0 saturated carbocycles. The summed E-state index contributed by atoms with van der Waals surface area (Å²) >= 11 is 5.07. The number of methoxy groups -OCH3 is 1. The van der Waals surface area contributed by atoms with Gasteiger partial charge in [0.1, 0.15) is 5.75 Å². The van der Waals surface area contributed by atoms with E-state index in [9.17, 15) is 9.59 Å². The fraction of sp³-hybridized carbons (Fsp3) is 0.0455. The standard InChI is InChI=1S/C22H19N3O3S/c1-28-19-10-6-5-9-18(19)21(27)24-25-22(29)23-20(26)17-13-11-16(12-14-17)15-7-3-2-4-8-15/h2-14H,1H3,(H,24,27)(H2,23,25,26,29). The van der Waals surface area contributed by atoms with E-state index in [1.165, 1.54) is 7.11 Å². The van der Waals surface area contributed by atoms with Gasteiger partial charge in [0.25, 0.3) is 11.8 Å². The van der Waals surface area contributed by atoms with Crippen molar-refractivity contribution < 1.29 is 14.3 Å². The molecule has 3 aromatic rings. The summed E-state index contributed by atoms with van der Waals surface area (Å²) in [6.45, 7) is 0. The van der Waals surface area contributed by atoms with Crippen molar-refractivity contribution in [2.45, 2.75) is 0 Å². The van der Waals surface area contributed by atoms with E-state index in [-0.39, 0.29) is 11.0 Å². The SMILES string of the molecule is COc1ccccc1C(=O)NNC(=S)NC(=O)c1ccc(-c2ccccc2)cc1. The fourth-order valence-electron chi connectivity index (χ4n) is 2.66. The summed E-state index contributed by atoms with van der Waals surface area (Å²) in [5, 5.41) is 2.50. The summed E-state index contributed by atoms with van der Waals surface area (Å²) in [6.07, 6.45) is 0. The molecule has 0 atom stereocenters. The van der Waals surface area contributed by atoms with Crippen LogP contribution in [-0.2, 0) is 0 Å². The highest BCUT2D eigenvalue weighted by molar-refractivity contribution is 7.80. The number of amides is 2. The van der Waals surface area contributed by atoms with Crippen LogP contribution in [-0.4, -0.2) is 24.0 Å². The molecule has 0 fully saturated rings. The summed E-state index contributed by atoms with van der Waals surface area (Å²) in [5.74, 6) is -0.389. The molecule has 146 valence electrons.